The van der Waals surface area contributed by atoms with Crippen molar-refractivity contribution in [3.63, 3.8) is 0 Å². The normalized spacial score (nSPS) is 15.2. The van der Waals surface area contributed by atoms with Gasteiger partial charge in [-0.2, -0.15) is 0 Å². The van der Waals surface area contributed by atoms with Gasteiger partial charge in [0.2, 0.25) is 0 Å². The number of fused-ring (bicyclic) bond motifs is 1. The van der Waals surface area contributed by atoms with Crippen molar-refractivity contribution in [2.45, 2.75) is 13.3 Å². The predicted molar refractivity (Wildman–Crippen MR) is 81.1 cm³/mol. The molecule has 0 saturated carbocycles. The number of carbonyl (C=O) groups is 2. The van der Waals surface area contributed by atoms with E-state index >= 15 is 0 Å². The molecule has 1 atom stereocenters. The van der Waals surface area contributed by atoms with E-state index in [1.807, 2.05) is 18.2 Å². The van der Waals surface area contributed by atoms with E-state index in [4.69, 9.17) is 0 Å². The van der Waals surface area contributed by atoms with Crippen LogP contribution in [0.3, 0.4) is 0 Å². The number of hydrogen-bond donors (Lipinski definition) is 0. The first-order valence-corrected chi connectivity index (χ1v) is 7.16. The van der Waals surface area contributed by atoms with Gasteiger partial charge < -0.3 is 0 Å². The van der Waals surface area contributed by atoms with Gasteiger partial charge in [0.1, 0.15) is 0 Å². The van der Waals surface area contributed by atoms with Gasteiger partial charge in [-0.25, -0.2) is 0 Å². The third-order valence-electron chi connectivity index (χ3n) is 3.80. The maximum atomic E-state index is 12.3. The van der Waals surface area contributed by atoms with E-state index in [1.54, 1.807) is 24.3 Å². The highest BCUT2D eigenvalue weighted by Gasteiger charge is 2.35. The van der Waals surface area contributed by atoms with Crippen LogP contribution < -0.4 is 0 Å². The molecule has 2 aromatic rings. The maximum absolute atomic E-state index is 12.3. The third kappa shape index (κ3) is 2.59. The summed E-state index contributed by atoms with van der Waals surface area (Å²) < 4.78 is 0. The molecule has 1 heterocycles. The summed E-state index contributed by atoms with van der Waals surface area (Å²) in [6.45, 7) is 2.53. The molecule has 3 rings (SSSR count). The van der Waals surface area contributed by atoms with Crippen LogP contribution >= 0.6 is 0 Å². The second-order valence-electron chi connectivity index (χ2n) is 5.56. The summed E-state index contributed by atoms with van der Waals surface area (Å²) in [5.41, 5.74) is 2.27. The Morgan fingerprint density at radius 3 is 1.95 bits per heavy atom. The minimum Gasteiger partial charge on any atom is -0.274 e. The van der Waals surface area contributed by atoms with Crippen LogP contribution in [-0.2, 0) is 6.42 Å². The second kappa shape index (κ2) is 5.52. The Balaban J connectivity index is 1.72. The summed E-state index contributed by atoms with van der Waals surface area (Å²) in [6.07, 6.45) is 0.855. The first-order valence-electron chi connectivity index (χ1n) is 7.16. The molecule has 106 valence electrons. The zero-order chi connectivity index (χ0) is 14.8. The molecule has 3 heteroatoms. The fourth-order valence-corrected chi connectivity index (χ4v) is 2.80. The molecule has 0 spiro atoms. The van der Waals surface area contributed by atoms with Crippen LogP contribution in [-0.4, -0.2) is 23.3 Å². The Morgan fingerprint density at radius 1 is 0.857 bits per heavy atom. The lowest BCUT2D eigenvalue weighted by atomic mass is 10.0. The number of rotatable bonds is 4. The molecule has 21 heavy (non-hydrogen) atoms. The molecule has 2 amide bonds. The zero-order valence-electron chi connectivity index (χ0n) is 12.0. The molecule has 0 radical (unpaired) electrons. The molecule has 3 nitrogen and oxygen atoms in total. The number of hydrogen-bond acceptors (Lipinski definition) is 2. The second-order valence-corrected chi connectivity index (χ2v) is 5.56. The van der Waals surface area contributed by atoms with E-state index in [-0.39, 0.29) is 17.7 Å². The Hall–Kier alpha value is -2.42. The van der Waals surface area contributed by atoms with Crippen LogP contribution in [0.15, 0.2) is 54.6 Å². The zero-order valence-corrected chi connectivity index (χ0v) is 12.0. The lowest BCUT2D eigenvalue weighted by molar-refractivity contribution is 0.0632. The van der Waals surface area contributed by atoms with Gasteiger partial charge in [0.25, 0.3) is 11.8 Å². The topological polar surface area (TPSA) is 37.4 Å². The monoisotopic (exact) mass is 279 g/mol. The van der Waals surface area contributed by atoms with Crippen LogP contribution in [0.2, 0.25) is 0 Å². The largest absolute Gasteiger partial charge is 0.274 e. The quantitative estimate of drug-likeness (QED) is 0.806. The number of imide groups is 1. The predicted octanol–water partition coefficient (Wildman–Crippen LogP) is 3.16. The summed E-state index contributed by atoms with van der Waals surface area (Å²) in [6, 6.07) is 17.2. The molecule has 0 bridgehead atoms. The Labute approximate surface area is 124 Å². The summed E-state index contributed by atoms with van der Waals surface area (Å²) in [7, 11) is 0. The van der Waals surface area contributed by atoms with E-state index in [2.05, 4.69) is 19.1 Å². The highest BCUT2D eigenvalue weighted by Crippen LogP contribution is 2.24. The van der Waals surface area contributed by atoms with Crippen LogP contribution in [0.1, 0.15) is 33.2 Å². The van der Waals surface area contributed by atoms with E-state index in [1.165, 1.54) is 10.5 Å². The van der Waals surface area contributed by atoms with Gasteiger partial charge in [0, 0.05) is 6.54 Å². The Kier molecular flexibility index (Phi) is 3.57. The molecule has 2 aromatic carbocycles. The average molecular weight is 279 g/mol. The van der Waals surface area contributed by atoms with Crippen molar-refractivity contribution < 1.29 is 9.59 Å². The number of carbonyl (C=O) groups excluding carboxylic acids is 2. The van der Waals surface area contributed by atoms with Gasteiger partial charge >= 0.3 is 0 Å². The van der Waals surface area contributed by atoms with Crippen LogP contribution in [0.4, 0.5) is 0 Å². The molecular weight excluding hydrogens is 262 g/mol. The standard InChI is InChI=1S/C18H17NO2/c1-13(11-14-7-3-2-4-8-14)12-19-17(20)15-9-5-6-10-16(15)18(19)21/h2-10,13H,11-12H2,1H3/t13-/m1/s1. The van der Waals surface area contributed by atoms with E-state index < -0.39 is 0 Å². The first-order chi connectivity index (χ1) is 10.2. The van der Waals surface area contributed by atoms with Crippen molar-refractivity contribution in [2.24, 2.45) is 5.92 Å². The molecular formula is C18H17NO2. The summed E-state index contributed by atoms with van der Waals surface area (Å²) >= 11 is 0. The lowest BCUT2D eigenvalue weighted by Crippen LogP contribution is -2.34. The van der Waals surface area contributed by atoms with Crippen molar-refractivity contribution in [3.05, 3.63) is 71.3 Å². The van der Waals surface area contributed by atoms with Gasteiger partial charge in [-0.3, -0.25) is 14.5 Å². The van der Waals surface area contributed by atoms with Crippen molar-refractivity contribution in [3.8, 4) is 0 Å². The Bertz CT molecular complexity index is 644. The highest BCUT2D eigenvalue weighted by atomic mass is 16.2. The first kappa shape index (κ1) is 13.6. The third-order valence-corrected chi connectivity index (χ3v) is 3.80. The van der Waals surface area contributed by atoms with Gasteiger partial charge in [-0.05, 0) is 30.0 Å². The van der Waals surface area contributed by atoms with Crippen molar-refractivity contribution in [1.29, 1.82) is 0 Å². The number of nitrogens with zero attached hydrogens (tertiary/aromatic N) is 1. The molecule has 0 unspecified atom stereocenters. The fourth-order valence-electron chi connectivity index (χ4n) is 2.80. The molecule has 0 N–H and O–H groups in total. The number of benzene rings is 2. The van der Waals surface area contributed by atoms with Crippen molar-refractivity contribution >= 4 is 11.8 Å². The highest BCUT2D eigenvalue weighted by molar-refractivity contribution is 6.21. The average Bonchev–Trinajstić information content (AvgIpc) is 2.74. The summed E-state index contributed by atoms with van der Waals surface area (Å²) in [4.78, 5) is 26.0. The van der Waals surface area contributed by atoms with Gasteiger partial charge in [-0.15, -0.1) is 0 Å². The molecule has 1 aliphatic heterocycles. The van der Waals surface area contributed by atoms with Crippen LogP contribution in [0.25, 0.3) is 0 Å². The van der Waals surface area contributed by atoms with Gasteiger partial charge in [0.05, 0.1) is 11.1 Å². The SMILES string of the molecule is C[C@H](Cc1ccccc1)CN1C(=O)c2ccccc2C1=O. The van der Waals surface area contributed by atoms with Gasteiger partial charge in [0.15, 0.2) is 0 Å². The number of amides is 2. The molecule has 1 aliphatic rings. The minimum atomic E-state index is -0.171. The summed E-state index contributed by atoms with van der Waals surface area (Å²) in [5, 5.41) is 0. The van der Waals surface area contributed by atoms with Crippen molar-refractivity contribution in [2.75, 3.05) is 6.54 Å². The van der Waals surface area contributed by atoms with Gasteiger partial charge in [-0.1, -0.05) is 49.4 Å². The van der Waals surface area contributed by atoms with E-state index in [0.717, 1.165) is 6.42 Å². The Morgan fingerprint density at radius 2 is 1.38 bits per heavy atom. The molecule has 0 fully saturated rings. The fraction of sp³-hybridized carbons (Fsp3) is 0.222. The molecule has 0 aromatic heterocycles. The van der Waals surface area contributed by atoms with E-state index in [0.29, 0.717) is 17.7 Å². The summed E-state index contributed by atoms with van der Waals surface area (Å²) in [5.74, 6) is -0.111. The van der Waals surface area contributed by atoms with E-state index in [9.17, 15) is 9.59 Å². The minimum absolute atomic E-state index is 0.171. The molecule has 0 aliphatic carbocycles. The van der Waals surface area contributed by atoms with Crippen LogP contribution in [0, 0.1) is 5.92 Å². The van der Waals surface area contributed by atoms with Crippen LogP contribution in [0.5, 0.6) is 0 Å². The smallest absolute Gasteiger partial charge is 0.261 e. The van der Waals surface area contributed by atoms with Crippen molar-refractivity contribution in [1.82, 2.24) is 4.90 Å². The lowest BCUT2D eigenvalue weighted by Gasteiger charge is -2.19. The molecule has 0 saturated heterocycles. The maximum Gasteiger partial charge on any atom is 0.261 e.